The number of methoxy groups -OCH3 is 1. The van der Waals surface area contributed by atoms with Crippen LogP contribution in [0, 0.1) is 5.82 Å². The maximum atomic E-state index is 13.0. The number of hydrogen-bond acceptors (Lipinski definition) is 5. The molecule has 8 nitrogen and oxygen atoms in total. The fourth-order valence-corrected chi connectivity index (χ4v) is 3.43. The molecule has 0 radical (unpaired) electrons. The minimum Gasteiger partial charge on any atom is -0.376 e. The first-order valence-corrected chi connectivity index (χ1v) is 8.49. The normalized spacial score (nSPS) is 12.8. The zero-order valence-electron chi connectivity index (χ0n) is 13.1. The van der Waals surface area contributed by atoms with Crippen LogP contribution in [0.2, 0.25) is 0 Å². The molecule has 0 spiro atoms. The van der Waals surface area contributed by atoms with E-state index < -0.39 is 33.6 Å². The number of rotatable bonds is 7. The Labute approximate surface area is 138 Å². The van der Waals surface area contributed by atoms with Gasteiger partial charge in [-0.2, -0.15) is 5.10 Å². The van der Waals surface area contributed by atoms with E-state index >= 15 is 0 Å². The molecule has 0 fully saturated rings. The summed E-state index contributed by atoms with van der Waals surface area (Å²) in [5.74, 6) is -1.71. The molecule has 1 unspecified atom stereocenters. The number of hydrogen-bond donors (Lipinski definition) is 2. The number of amides is 1. The fourth-order valence-electron chi connectivity index (χ4n) is 2.13. The molecule has 130 valence electrons. The van der Waals surface area contributed by atoms with Crippen LogP contribution in [-0.4, -0.2) is 37.0 Å². The molecule has 0 aliphatic carbocycles. The average Bonchev–Trinajstić information content (AvgIpc) is 2.86. The molecule has 2 aromatic rings. The number of carbonyl (C=O) groups excluding carboxylic acids is 1. The van der Waals surface area contributed by atoms with Gasteiger partial charge in [0.15, 0.2) is 5.69 Å². The number of nitrogens with two attached hydrogens (primary N) is 1. The predicted molar refractivity (Wildman–Crippen MR) is 85.3 cm³/mol. The topological polar surface area (TPSA) is 116 Å². The number of primary amides is 1. The maximum absolute atomic E-state index is 13.0. The van der Waals surface area contributed by atoms with Crippen molar-refractivity contribution < 1.29 is 22.3 Å². The summed E-state index contributed by atoms with van der Waals surface area (Å²) in [5, 5.41) is 3.80. The van der Waals surface area contributed by atoms with Crippen molar-refractivity contribution in [1.29, 1.82) is 0 Å². The van der Waals surface area contributed by atoms with Crippen LogP contribution in [0.4, 0.5) is 10.1 Å². The third kappa shape index (κ3) is 4.30. The number of benzene rings is 1. The summed E-state index contributed by atoms with van der Waals surface area (Å²) >= 11 is 0. The molecule has 2 rings (SSSR count). The molecule has 24 heavy (non-hydrogen) atoms. The van der Waals surface area contributed by atoms with Crippen molar-refractivity contribution in [3.05, 3.63) is 47.5 Å². The standard InChI is InChI=1S/C14H17FN4O4S/c1-19-7-11(13(17-19)14(16)20)18-24(21,22)8-12(23-2)9-3-5-10(15)6-4-9/h3-7,12,18H,8H2,1-2H3,(H2,16,20). The molecule has 10 heteroatoms. The van der Waals surface area contributed by atoms with Gasteiger partial charge in [0.05, 0.1) is 17.5 Å². The molecule has 1 amide bonds. The lowest BCUT2D eigenvalue weighted by molar-refractivity contribution is 0.0995. The molecule has 1 atom stereocenters. The largest absolute Gasteiger partial charge is 0.376 e. The predicted octanol–water partition coefficient (Wildman–Crippen LogP) is 0.788. The lowest BCUT2D eigenvalue weighted by Gasteiger charge is -2.16. The Morgan fingerprint density at radius 1 is 1.42 bits per heavy atom. The van der Waals surface area contributed by atoms with Crippen LogP contribution in [0.5, 0.6) is 0 Å². The van der Waals surface area contributed by atoms with Crippen LogP contribution in [0.1, 0.15) is 22.2 Å². The number of aromatic nitrogens is 2. The maximum Gasteiger partial charge on any atom is 0.271 e. The molecular weight excluding hydrogens is 339 g/mol. The molecular formula is C14H17FN4O4S. The highest BCUT2D eigenvalue weighted by Gasteiger charge is 2.24. The molecule has 0 aliphatic rings. The zero-order valence-corrected chi connectivity index (χ0v) is 13.9. The van der Waals surface area contributed by atoms with Crippen LogP contribution < -0.4 is 10.5 Å². The summed E-state index contributed by atoms with van der Waals surface area (Å²) in [7, 11) is -0.999. The Morgan fingerprint density at radius 2 is 2.04 bits per heavy atom. The van der Waals surface area contributed by atoms with Crippen LogP contribution >= 0.6 is 0 Å². The van der Waals surface area contributed by atoms with Crippen molar-refractivity contribution in [2.24, 2.45) is 12.8 Å². The minimum atomic E-state index is -3.88. The molecule has 0 aliphatic heterocycles. The molecule has 1 aromatic heterocycles. The van der Waals surface area contributed by atoms with Gasteiger partial charge in [-0.1, -0.05) is 12.1 Å². The third-order valence-corrected chi connectivity index (χ3v) is 4.50. The van der Waals surface area contributed by atoms with Gasteiger partial charge in [-0.25, -0.2) is 12.8 Å². The third-order valence-electron chi connectivity index (χ3n) is 3.22. The van der Waals surface area contributed by atoms with E-state index in [-0.39, 0.29) is 11.4 Å². The van der Waals surface area contributed by atoms with Crippen molar-refractivity contribution in [2.45, 2.75) is 6.10 Å². The number of carbonyl (C=O) groups is 1. The summed E-state index contributed by atoms with van der Waals surface area (Å²) in [6.07, 6.45) is 0.522. The quantitative estimate of drug-likeness (QED) is 0.761. The van der Waals surface area contributed by atoms with E-state index in [1.54, 1.807) is 0 Å². The summed E-state index contributed by atoms with van der Waals surface area (Å²) < 4.78 is 46.4. The van der Waals surface area contributed by atoms with Crippen LogP contribution in [0.15, 0.2) is 30.5 Å². The van der Waals surface area contributed by atoms with Gasteiger partial charge >= 0.3 is 0 Å². The Balaban J connectivity index is 2.21. The van der Waals surface area contributed by atoms with Gasteiger partial charge in [-0.3, -0.25) is 14.2 Å². The highest BCUT2D eigenvalue weighted by molar-refractivity contribution is 7.92. The van der Waals surface area contributed by atoms with E-state index in [2.05, 4.69) is 9.82 Å². The van der Waals surface area contributed by atoms with Crippen molar-refractivity contribution in [3.63, 3.8) is 0 Å². The monoisotopic (exact) mass is 356 g/mol. The molecule has 1 aromatic carbocycles. The number of ether oxygens (including phenoxy) is 1. The Bertz CT molecular complexity index is 833. The van der Waals surface area contributed by atoms with E-state index in [1.165, 1.54) is 49.3 Å². The van der Waals surface area contributed by atoms with Gasteiger partial charge in [0.2, 0.25) is 10.0 Å². The van der Waals surface area contributed by atoms with E-state index in [0.29, 0.717) is 5.56 Å². The van der Waals surface area contributed by atoms with Gasteiger partial charge in [-0.15, -0.1) is 0 Å². The first kappa shape index (κ1) is 17.9. The van der Waals surface area contributed by atoms with Gasteiger partial charge in [0.25, 0.3) is 5.91 Å². The number of nitrogens with zero attached hydrogens (tertiary/aromatic N) is 2. The SMILES string of the molecule is COC(CS(=O)(=O)Nc1cn(C)nc1C(N)=O)c1ccc(F)cc1. The highest BCUT2D eigenvalue weighted by atomic mass is 32.2. The highest BCUT2D eigenvalue weighted by Crippen LogP contribution is 2.21. The van der Waals surface area contributed by atoms with Crippen LogP contribution in [0.25, 0.3) is 0 Å². The number of aryl methyl sites for hydroxylation is 1. The van der Waals surface area contributed by atoms with E-state index in [9.17, 15) is 17.6 Å². The number of anilines is 1. The number of halogens is 1. The van der Waals surface area contributed by atoms with Gasteiger partial charge < -0.3 is 10.5 Å². The molecule has 0 bridgehead atoms. The second-order valence-electron chi connectivity index (χ2n) is 5.09. The van der Waals surface area contributed by atoms with Crippen molar-refractivity contribution >= 4 is 21.6 Å². The number of nitrogens with one attached hydrogen (secondary N) is 1. The second-order valence-corrected chi connectivity index (χ2v) is 6.86. The molecule has 0 saturated carbocycles. The molecule has 0 saturated heterocycles. The first-order chi connectivity index (χ1) is 11.2. The second kappa shape index (κ2) is 6.97. The molecule has 1 heterocycles. The minimum absolute atomic E-state index is 0.0149. The zero-order chi connectivity index (χ0) is 17.9. The summed E-state index contributed by atoms with van der Waals surface area (Å²) in [4.78, 5) is 11.3. The van der Waals surface area contributed by atoms with Gasteiger partial charge in [-0.05, 0) is 17.7 Å². The van der Waals surface area contributed by atoms with Crippen molar-refractivity contribution in [1.82, 2.24) is 9.78 Å². The lowest BCUT2D eigenvalue weighted by atomic mass is 10.1. The van der Waals surface area contributed by atoms with Crippen LogP contribution in [-0.2, 0) is 21.8 Å². The summed E-state index contributed by atoms with van der Waals surface area (Å²) in [5.41, 5.74) is 5.48. The lowest BCUT2D eigenvalue weighted by Crippen LogP contribution is -2.24. The van der Waals surface area contributed by atoms with E-state index in [4.69, 9.17) is 10.5 Å². The Hall–Kier alpha value is -2.46. The van der Waals surface area contributed by atoms with Crippen molar-refractivity contribution in [3.8, 4) is 0 Å². The van der Waals surface area contributed by atoms with Gasteiger partial charge in [0.1, 0.15) is 5.82 Å². The fraction of sp³-hybridized carbons (Fsp3) is 0.286. The summed E-state index contributed by atoms with van der Waals surface area (Å²) in [6, 6.07) is 5.32. The summed E-state index contributed by atoms with van der Waals surface area (Å²) in [6.45, 7) is 0. The number of sulfonamides is 1. The Kier molecular flexibility index (Phi) is 5.20. The average molecular weight is 356 g/mol. The van der Waals surface area contributed by atoms with E-state index in [1.807, 2.05) is 0 Å². The van der Waals surface area contributed by atoms with E-state index in [0.717, 1.165) is 0 Å². The first-order valence-electron chi connectivity index (χ1n) is 6.84. The van der Waals surface area contributed by atoms with Crippen molar-refractivity contribution in [2.75, 3.05) is 17.6 Å². The molecule has 3 N–H and O–H groups in total. The van der Waals surface area contributed by atoms with Gasteiger partial charge in [0, 0.05) is 20.4 Å². The smallest absolute Gasteiger partial charge is 0.271 e. The van der Waals surface area contributed by atoms with Crippen LogP contribution in [0.3, 0.4) is 0 Å². The Morgan fingerprint density at radius 3 is 2.58 bits per heavy atom.